The average molecular weight is 269 g/mol. The molecule has 4 heteroatoms. The van der Waals surface area contributed by atoms with Crippen molar-refractivity contribution in [2.24, 2.45) is 5.92 Å². The molecule has 1 aliphatic carbocycles. The quantitative estimate of drug-likeness (QED) is 0.631. The summed E-state index contributed by atoms with van der Waals surface area (Å²) in [5, 5.41) is 0. The molecule has 0 radical (unpaired) electrons. The maximum atomic E-state index is 11.9. The average Bonchev–Trinajstić information content (AvgIpc) is 3.02. The number of methoxy groups -OCH3 is 1. The molecule has 110 valence electrons. The molecule has 0 aromatic heterocycles. The lowest BCUT2D eigenvalue weighted by atomic mass is 9.95. The maximum Gasteiger partial charge on any atom is 0.137 e. The summed E-state index contributed by atoms with van der Waals surface area (Å²) in [6.45, 7) is 4.38. The van der Waals surface area contributed by atoms with E-state index < -0.39 is 0 Å². The lowest BCUT2D eigenvalue weighted by molar-refractivity contribution is -0.122. The molecule has 0 aromatic carbocycles. The molecule has 0 amide bonds. The van der Waals surface area contributed by atoms with E-state index in [-0.39, 0.29) is 0 Å². The van der Waals surface area contributed by atoms with Gasteiger partial charge in [-0.15, -0.1) is 0 Å². The second kappa shape index (κ2) is 7.98. The number of nitrogens with zero attached hydrogens (tertiary/aromatic N) is 1. The summed E-state index contributed by atoms with van der Waals surface area (Å²) in [5.74, 6) is 0.838. The Hall–Kier alpha value is -0.450. The standard InChI is InChI=1S/C15H27NO3/c1-18-11-12-19-10-4-9-16-8-3-6-14(16)13-5-2-7-15(13)17/h13-14H,2-12H2,1H3. The van der Waals surface area contributed by atoms with Crippen LogP contribution in [-0.4, -0.2) is 56.7 Å². The number of rotatable bonds is 8. The second-order valence-electron chi connectivity index (χ2n) is 5.67. The van der Waals surface area contributed by atoms with Crippen LogP contribution >= 0.6 is 0 Å². The number of Topliss-reactive ketones (excluding diaryl/α,β-unsaturated/α-hetero) is 1. The first-order valence-corrected chi connectivity index (χ1v) is 7.66. The molecule has 2 unspecified atom stereocenters. The minimum absolute atomic E-state index is 0.330. The van der Waals surface area contributed by atoms with E-state index in [1.807, 2.05) is 0 Å². The van der Waals surface area contributed by atoms with E-state index in [1.54, 1.807) is 7.11 Å². The fourth-order valence-corrected chi connectivity index (χ4v) is 3.45. The molecule has 0 spiro atoms. The van der Waals surface area contributed by atoms with Crippen LogP contribution in [0, 0.1) is 5.92 Å². The molecule has 0 bridgehead atoms. The van der Waals surface area contributed by atoms with Crippen molar-refractivity contribution in [3.63, 3.8) is 0 Å². The van der Waals surface area contributed by atoms with E-state index >= 15 is 0 Å². The van der Waals surface area contributed by atoms with Crippen molar-refractivity contribution in [1.82, 2.24) is 4.90 Å². The second-order valence-corrected chi connectivity index (χ2v) is 5.67. The SMILES string of the molecule is COCCOCCCN1CCCC1C1CCCC1=O. The third kappa shape index (κ3) is 4.26. The third-order valence-electron chi connectivity index (χ3n) is 4.40. The summed E-state index contributed by atoms with van der Waals surface area (Å²) in [6.07, 6.45) is 6.55. The smallest absolute Gasteiger partial charge is 0.137 e. The Bertz CT molecular complexity index is 283. The van der Waals surface area contributed by atoms with E-state index in [1.165, 1.54) is 12.8 Å². The molecule has 1 heterocycles. The van der Waals surface area contributed by atoms with Gasteiger partial charge in [-0.1, -0.05) is 0 Å². The predicted molar refractivity (Wildman–Crippen MR) is 74.3 cm³/mol. The van der Waals surface area contributed by atoms with Crippen LogP contribution in [0.25, 0.3) is 0 Å². The van der Waals surface area contributed by atoms with Crippen molar-refractivity contribution in [2.45, 2.75) is 44.6 Å². The summed E-state index contributed by atoms with van der Waals surface area (Å²) in [4.78, 5) is 14.4. The van der Waals surface area contributed by atoms with Gasteiger partial charge in [0.25, 0.3) is 0 Å². The molecule has 2 fully saturated rings. The maximum absolute atomic E-state index is 11.9. The molecule has 1 aliphatic heterocycles. The highest BCUT2D eigenvalue weighted by Crippen LogP contribution is 2.33. The zero-order valence-corrected chi connectivity index (χ0v) is 12.1. The van der Waals surface area contributed by atoms with Crippen LogP contribution in [0.1, 0.15) is 38.5 Å². The monoisotopic (exact) mass is 269 g/mol. The number of ether oxygens (including phenoxy) is 2. The van der Waals surface area contributed by atoms with Crippen LogP contribution < -0.4 is 0 Å². The number of likely N-dealkylation sites (tertiary alicyclic amines) is 1. The van der Waals surface area contributed by atoms with Crippen LogP contribution in [0.5, 0.6) is 0 Å². The highest BCUT2D eigenvalue weighted by molar-refractivity contribution is 5.83. The van der Waals surface area contributed by atoms with Gasteiger partial charge in [0.05, 0.1) is 13.2 Å². The van der Waals surface area contributed by atoms with Crippen molar-refractivity contribution in [1.29, 1.82) is 0 Å². The lowest BCUT2D eigenvalue weighted by Crippen LogP contribution is -2.38. The van der Waals surface area contributed by atoms with Gasteiger partial charge in [-0.25, -0.2) is 0 Å². The Labute approximate surface area is 116 Å². The van der Waals surface area contributed by atoms with Gasteiger partial charge < -0.3 is 9.47 Å². The van der Waals surface area contributed by atoms with Gasteiger partial charge in [0.1, 0.15) is 5.78 Å². The van der Waals surface area contributed by atoms with Crippen LogP contribution in [0.4, 0.5) is 0 Å². The fourth-order valence-electron chi connectivity index (χ4n) is 3.45. The van der Waals surface area contributed by atoms with Gasteiger partial charge in [-0.3, -0.25) is 9.69 Å². The minimum Gasteiger partial charge on any atom is -0.382 e. The first kappa shape index (κ1) is 14.9. The first-order valence-electron chi connectivity index (χ1n) is 7.66. The van der Waals surface area contributed by atoms with Crippen molar-refractivity contribution in [2.75, 3.05) is 40.0 Å². The Morgan fingerprint density at radius 3 is 2.84 bits per heavy atom. The van der Waals surface area contributed by atoms with Gasteiger partial charge in [-0.2, -0.15) is 0 Å². The van der Waals surface area contributed by atoms with Crippen LogP contribution in [0.3, 0.4) is 0 Å². The zero-order chi connectivity index (χ0) is 13.5. The van der Waals surface area contributed by atoms with Gasteiger partial charge in [0.15, 0.2) is 0 Å². The Kier molecular flexibility index (Phi) is 6.28. The van der Waals surface area contributed by atoms with E-state index in [0.29, 0.717) is 31.0 Å². The predicted octanol–water partition coefficient (Wildman–Crippen LogP) is 1.87. The van der Waals surface area contributed by atoms with Crippen LogP contribution in [0.15, 0.2) is 0 Å². The van der Waals surface area contributed by atoms with Gasteiger partial charge in [-0.05, 0) is 38.6 Å². The molecular weight excluding hydrogens is 242 g/mol. The third-order valence-corrected chi connectivity index (χ3v) is 4.40. The van der Waals surface area contributed by atoms with E-state index in [0.717, 1.165) is 45.4 Å². The molecule has 2 aliphatic rings. The molecule has 1 saturated heterocycles. The highest BCUT2D eigenvalue weighted by atomic mass is 16.5. The zero-order valence-electron chi connectivity index (χ0n) is 12.1. The summed E-state index contributed by atoms with van der Waals surface area (Å²) in [7, 11) is 1.69. The lowest BCUT2D eigenvalue weighted by Gasteiger charge is -2.28. The van der Waals surface area contributed by atoms with Gasteiger partial charge in [0, 0.05) is 38.6 Å². The van der Waals surface area contributed by atoms with E-state index in [9.17, 15) is 4.79 Å². The topological polar surface area (TPSA) is 38.8 Å². The molecule has 19 heavy (non-hydrogen) atoms. The van der Waals surface area contributed by atoms with Crippen LogP contribution in [-0.2, 0) is 14.3 Å². The summed E-state index contributed by atoms with van der Waals surface area (Å²) in [5.41, 5.74) is 0. The Morgan fingerprint density at radius 2 is 2.11 bits per heavy atom. The number of hydrogen-bond acceptors (Lipinski definition) is 4. The molecular formula is C15H27NO3. The summed E-state index contributed by atoms with van der Waals surface area (Å²) < 4.78 is 10.4. The Morgan fingerprint density at radius 1 is 1.21 bits per heavy atom. The number of carbonyl (C=O) groups is 1. The van der Waals surface area contributed by atoms with E-state index in [4.69, 9.17) is 9.47 Å². The van der Waals surface area contributed by atoms with E-state index in [2.05, 4.69) is 4.90 Å². The normalized spacial score (nSPS) is 28.4. The summed E-state index contributed by atoms with van der Waals surface area (Å²) in [6, 6.07) is 0.522. The summed E-state index contributed by atoms with van der Waals surface area (Å²) >= 11 is 0. The van der Waals surface area contributed by atoms with Crippen LogP contribution in [0.2, 0.25) is 0 Å². The van der Waals surface area contributed by atoms with Crippen molar-refractivity contribution in [3.8, 4) is 0 Å². The number of carbonyl (C=O) groups excluding carboxylic acids is 1. The van der Waals surface area contributed by atoms with Gasteiger partial charge in [0.2, 0.25) is 0 Å². The molecule has 2 rings (SSSR count). The van der Waals surface area contributed by atoms with Crippen molar-refractivity contribution >= 4 is 5.78 Å². The number of ketones is 1. The fraction of sp³-hybridized carbons (Fsp3) is 0.933. The van der Waals surface area contributed by atoms with Crippen molar-refractivity contribution < 1.29 is 14.3 Å². The number of hydrogen-bond donors (Lipinski definition) is 0. The van der Waals surface area contributed by atoms with Gasteiger partial charge >= 0.3 is 0 Å². The molecule has 2 atom stereocenters. The highest BCUT2D eigenvalue weighted by Gasteiger charge is 2.37. The Balaban J connectivity index is 1.66. The largest absolute Gasteiger partial charge is 0.382 e. The molecule has 1 saturated carbocycles. The first-order chi connectivity index (χ1) is 9.33. The molecule has 0 N–H and O–H groups in total. The van der Waals surface area contributed by atoms with Crippen molar-refractivity contribution in [3.05, 3.63) is 0 Å². The molecule has 4 nitrogen and oxygen atoms in total. The molecule has 0 aromatic rings. The minimum atomic E-state index is 0.330.